The van der Waals surface area contributed by atoms with Gasteiger partial charge in [0.1, 0.15) is 11.2 Å². The summed E-state index contributed by atoms with van der Waals surface area (Å²) in [6.07, 6.45) is 0. The second-order valence-corrected chi connectivity index (χ2v) is 10.1. The van der Waals surface area contributed by atoms with Gasteiger partial charge in [-0.1, -0.05) is 92.7 Å². The van der Waals surface area contributed by atoms with Crippen molar-refractivity contribution in [2.75, 3.05) is 0 Å². The van der Waals surface area contributed by atoms with Crippen molar-refractivity contribution in [2.24, 2.45) is 0 Å². The van der Waals surface area contributed by atoms with Gasteiger partial charge in [-0.3, -0.25) is 0 Å². The summed E-state index contributed by atoms with van der Waals surface area (Å²) < 4.78 is 9.19. The number of rotatable bonds is 1. The largest absolute Gasteiger partial charge is 0.456 e. The maximum absolute atomic E-state index is 6.72. The van der Waals surface area contributed by atoms with E-state index in [0.29, 0.717) is 0 Å². The molecule has 0 N–H and O–H groups in total. The predicted molar refractivity (Wildman–Crippen MR) is 146 cm³/mol. The molecule has 5 aromatic carbocycles. The molecule has 166 valence electrons. The van der Waals surface area contributed by atoms with E-state index in [1.807, 2.05) is 0 Å². The summed E-state index contributed by atoms with van der Waals surface area (Å²) in [6, 6.07) is 36.9. The Hall–Kier alpha value is -4.30. The van der Waals surface area contributed by atoms with E-state index in [9.17, 15) is 0 Å². The number of fused-ring (bicyclic) bond motifs is 12. The normalized spacial score (nSPS) is 14.2. The molecule has 0 amide bonds. The summed E-state index contributed by atoms with van der Waals surface area (Å²) in [6.45, 7) is 4.68. The van der Waals surface area contributed by atoms with E-state index in [0.717, 1.165) is 11.2 Å². The lowest BCUT2D eigenvalue weighted by Gasteiger charge is -2.22. The fourth-order valence-electron chi connectivity index (χ4n) is 6.52. The molecule has 0 spiro atoms. The monoisotopic (exact) mass is 449 g/mol. The first kappa shape index (κ1) is 19.1. The van der Waals surface area contributed by atoms with Crippen LogP contribution in [0.4, 0.5) is 0 Å². The van der Waals surface area contributed by atoms with Crippen LogP contribution >= 0.6 is 0 Å². The average Bonchev–Trinajstić information content (AvgIpc) is 3.51. The minimum atomic E-state index is -0.176. The first-order valence-electron chi connectivity index (χ1n) is 12.2. The van der Waals surface area contributed by atoms with Crippen molar-refractivity contribution >= 4 is 43.7 Å². The fraction of sp³-hybridized carbons (Fsp3) is 0.0909. The Kier molecular flexibility index (Phi) is 3.50. The van der Waals surface area contributed by atoms with Crippen LogP contribution in [0.2, 0.25) is 0 Å². The molecule has 1 aliphatic rings. The topological polar surface area (TPSA) is 18.1 Å². The molecule has 0 aliphatic heterocycles. The van der Waals surface area contributed by atoms with Crippen LogP contribution < -0.4 is 0 Å². The van der Waals surface area contributed by atoms with Gasteiger partial charge in [-0.15, -0.1) is 0 Å². The molecule has 0 saturated heterocycles. The molecule has 0 saturated carbocycles. The highest BCUT2D eigenvalue weighted by Crippen LogP contribution is 2.57. The molecule has 2 aromatic heterocycles. The van der Waals surface area contributed by atoms with Gasteiger partial charge in [-0.25, -0.2) is 0 Å². The summed E-state index contributed by atoms with van der Waals surface area (Å²) in [5, 5.41) is 4.93. The Morgan fingerprint density at radius 2 is 1.34 bits per heavy atom. The van der Waals surface area contributed by atoms with E-state index in [-0.39, 0.29) is 5.41 Å². The lowest BCUT2D eigenvalue weighted by molar-refractivity contribution is 0.620. The smallest absolute Gasteiger partial charge is 0.140 e. The highest BCUT2D eigenvalue weighted by Gasteiger charge is 2.41. The molecular formula is C33H23NO. The van der Waals surface area contributed by atoms with E-state index < -0.39 is 0 Å². The van der Waals surface area contributed by atoms with Gasteiger partial charge in [0.05, 0.1) is 11.0 Å². The SMILES string of the molecule is CC1(C)c2ccccc2-c2c1c1oc3ccccc3c1c1c3ccccc3n(-c3ccccc3)c21. The molecule has 7 aromatic rings. The number of furan rings is 1. The van der Waals surface area contributed by atoms with Gasteiger partial charge in [-0.05, 0) is 35.4 Å². The van der Waals surface area contributed by atoms with Gasteiger partial charge in [-0.2, -0.15) is 0 Å². The molecule has 1 aliphatic carbocycles. The zero-order valence-electron chi connectivity index (χ0n) is 19.7. The van der Waals surface area contributed by atoms with Gasteiger partial charge in [0.15, 0.2) is 0 Å². The molecule has 8 rings (SSSR count). The molecular weight excluding hydrogens is 426 g/mol. The van der Waals surface area contributed by atoms with Crippen LogP contribution in [0.5, 0.6) is 0 Å². The van der Waals surface area contributed by atoms with E-state index in [1.54, 1.807) is 0 Å². The molecule has 0 atom stereocenters. The first-order chi connectivity index (χ1) is 17.2. The predicted octanol–water partition coefficient (Wildman–Crippen LogP) is 8.99. The average molecular weight is 450 g/mol. The van der Waals surface area contributed by atoms with Crippen molar-refractivity contribution in [1.82, 2.24) is 4.57 Å². The number of hydrogen-bond acceptors (Lipinski definition) is 1. The third-order valence-corrected chi connectivity index (χ3v) is 7.94. The van der Waals surface area contributed by atoms with Gasteiger partial charge in [0.25, 0.3) is 0 Å². The van der Waals surface area contributed by atoms with Crippen LogP contribution in [-0.2, 0) is 5.41 Å². The third-order valence-electron chi connectivity index (χ3n) is 7.94. The number of hydrogen-bond donors (Lipinski definition) is 0. The Morgan fingerprint density at radius 3 is 2.20 bits per heavy atom. The van der Waals surface area contributed by atoms with Crippen molar-refractivity contribution < 1.29 is 4.42 Å². The summed E-state index contributed by atoms with van der Waals surface area (Å²) in [5.74, 6) is 0. The van der Waals surface area contributed by atoms with Crippen molar-refractivity contribution in [3.8, 4) is 16.8 Å². The lowest BCUT2D eigenvalue weighted by Crippen LogP contribution is -2.15. The zero-order chi connectivity index (χ0) is 23.3. The van der Waals surface area contributed by atoms with Crippen molar-refractivity contribution in [1.29, 1.82) is 0 Å². The highest BCUT2D eigenvalue weighted by molar-refractivity contribution is 6.32. The fourth-order valence-corrected chi connectivity index (χ4v) is 6.52. The van der Waals surface area contributed by atoms with Crippen molar-refractivity contribution in [3.05, 3.63) is 114 Å². The lowest BCUT2D eigenvalue weighted by atomic mass is 9.81. The molecule has 35 heavy (non-hydrogen) atoms. The molecule has 2 heterocycles. The number of para-hydroxylation sites is 3. The maximum atomic E-state index is 6.72. The second kappa shape index (κ2) is 6.43. The Labute approximate surface area is 203 Å². The van der Waals surface area contributed by atoms with Crippen molar-refractivity contribution in [3.63, 3.8) is 0 Å². The van der Waals surface area contributed by atoms with E-state index in [4.69, 9.17) is 4.42 Å². The molecule has 0 bridgehead atoms. The van der Waals surface area contributed by atoms with Crippen LogP contribution in [0.1, 0.15) is 25.0 Å². The molecule has 0 unspecified atom stereocenters. The van der Waals surface area contributed by atoms with E-state index >= 15 is 0 Å². The van der Waals surface area contributed by atoms with Crippen molar-refractivity contribution in [2.45, 2.75) is 19.3 Å². The zero-order valence-corrected chi connectivity index (χ0v) is 19.7. The van der Waals surface area contributed by atoms with Crippen LogP contribution in [-0.4, -0.2) is 4.57 Å². The van der Waals surface area contributed by atoms with Crippen LogP contribution in [0.3, 0.4) is 0 Å². The first-order valence-corrected chi connectivity index (χ1v) is 12.2. The maximum Gasteiger partial charge on any atom is 0.140 e. The minimum Gasteiger partial charge on any atom is -0.456 e. The van der Waals surface area contributed by atoms with E-state index in [1.165, 1.54) is 60.5 Å². The number of benzene rings is 5. The second-order valence-electron chi connectivity index (χ2n) is 10.1. The molecule has 2 heteroatoms. The van der Waals surface area contributed by atoms with Gasteiger partial charge in [0.2, 0.25) is 0 Å². The van der Waals surface area contributed by atoms with E-state index in [2.05, 4.69) is 122 Å². The summed E-state index contributed by atoms with van der Waals surface area (Å²) in [4.78, 5) is 0. The molecule has 0 radical (unpaired) electrons. The Morgan fingerprint density at radius 1 is 0.657 bits per heavy atom. The Bertz CT molecular complexity index is 1970. The van der Waals surface area contributed by atoms with Gasteiger partial charge < -0.3 is 8.98 Å². The number of aromatic nitrogens is 1. The molecule has 2 nitrogen and oxygen atoms in total. The standard InChI is InChI=1S/C33H23NO/c1-33(2)24-17-9-6-14-21(24)29-30(33)32-28(23-16-8-11-19-26(23)35-32)27-22-15-7-10-18-25(22)34(31(27)29)20-12-4-3-5-13-20/h3-19H,1-2H3. The Balaban J connectivity index is 1.77. The highest BCUT2D eigenvalue weighted by atomic mass is 16.3. The minimum absolute atomic E-state index is 0.176. The van der Waals surface area contributed by atoms with Crippen LogP contribution in [0.15, 0.2) is 108 Å². The van der Waals surface area contributed by atoms with Gasteiger partial charge >= 0.3 is 0 Å². The molecule has 0 fully saturated rings. The van der Waals surface area contributed by atoms with Crippen LogP contribution in [0, 0.1) is 0 Å². The quantitative estimate of drug-likeness (QED) is 0.244. The third kappa shape index (κ3) is 2.25. The summed E-state index contributed by atoms with van der Waals surface area (Å²) in [7, 11) is 0. The van der Waals surface area contributed by atoms with Gasteiger partial charge in [0, 0.05) is 43.8 Å². The summed E-state index contributed by atoms with van der Waals surface area (Å²) >= 11 is 0. The summed E-state index contributed by atoms with van der Waals surface area (Å²) in [5.41, 5.74) is 10.7. The number of nitrogens with zero attached hydrogens (tertiary/aromatic N) is 1. The van der Waals surface area contributed by atoms with Crippen LogP contribution in [0.25, 0.3) is 60.6 Å².